The van der Waals surface area contributed by atoms with E-state index in [1.807, 2.05) is 20.8 Å². The highest BCUT2D eigenvalue weighted by Gasteiger charge is 2.32. The van der Waals surface area contributed by atoms with Crippen LogP contribution in [0.2, 0.25) is 0 Å². The summed E-state index contributed by atoms with van der Waals surface area (Å²) in [6.45, 7) is 7.15. The minimum atomic E-state index is -0.556. The summed E-state index contributed by atoms with van der Waals surface area (Å²) < 4.78 is 5.26. The van der Waals surface area contributed by atoms with E-state index in [0.717, 1.165) is 12.8 Å². The maximum absolute atomic E-state index is 11.9. The fourth-order valence-corrected chi connectivity index (χ4v) is 1.83. The molecule has 1 amide bonds. The number of hydrogen-bond acceptors (Lipinski definition) is 3. The Balaban J connectivity index is 2.59. The Morgan fingerprint density at radius 3 is 2.44 bits per heavy atom. The zero-order valence-corrected chi connectivity index (χ0v) is 10.2. The molecule has 1 rings (SSSR count). The highest BCUT2D eigenvalue weighted by molar-refractivity contribution is 5.82. The van der Waals surface area contributed by atoms with Gasteiger partial charge in [0.25, 0.3) is 0 Å². The second kappa shape index (κ2) is 5.31. The van der Waals surface area contributed by atoms with Crippen molar-refractivity contribution in [2.75, 3.05) is 13.2 Å². The smallest absolute Gasteiger partial charge is 0.238 e. The zero-order valence-electron chi connectivity index (χ0n) is 10.2. The third kappa shape index (κ3) is 3.21. The van der Waals surface area contributed by atoms with Crippen LogP contribution in [0, 0.1) is 23.2 Å². The van der Waals surface area contributed by atoms with Crippen LogP contribution >= 0.6 is 0 Å². The fraction of sp³-hybridized carbons (Fsp3) is 0.833. The number of nitrogens with zero attached hydrogens (tertiary/aromatic N) is 1. The van der Waals surface area contributed by atoms with Gasteiger partial charge in [0.15, 0.2) is 0 Å². The van der Waals surface area contributed by atoms with Gasteiger partial charge in [-0.1, -0.05) is 13.8 Å². The lowest BCUT2D eigenvalue weighted by atomic mass is 9.90. The van der Waals surface area contributed by atoms with E-state index >= 15 is 0 Å². The summed E-state index contributed by atoms with van der Waals surface area (Å²) in [6.07, 6.45) is 1.63. The summed E-state index contributed by atoms with van der Waals surface area (Å²) in [5, 5.41) is 11.9. The van der Waals surface area contributed by atoms with Gasteiger partial charge in [-0.2, -0.15) is 5.26 Å². The van der Waals surface area contributed by atoms with Gasteiger partial charge in [-0.05, 0) is 25.7 Å². The Morgan fingerprint density at radius 2 is 2.00 bits per heavy atom. The molecular weight excluding hydrogens is 204 g/mol. The summed E-state index contributed by atoms with van der Waals surface area (Å²) in [6, 6.07) is 2.06. The summed E-state index contributed by atoms with van der Waals surface area (Å²) in [4.78, 5) is 11.9. The van der Waals surface area contributed by atoms with Crippen molar-refractivity contribution in [2.45, 2.75) is 39.2 Å². The molecule has 1 aliphatic heterocycles. The van der Waals surface area contributed by atoms with Crippen molar-refractivity contribution >= 4 is 5.91 Å². The summed E-state index contributed by atoms with van der Waals surface area (Å²) >= 11 is 0. The lowest BCUT2D eigenvalue weighted by Gasteiger charge is -2.35. The maximum atomic E-state index is 11.9. The van der Waals surface area contributed by atoms with E-state index in [-0.39, 0.29) is 17.4 Å². The van der Waals surface area contributed by atoms with E-state index in [2.05, 4.69) is 11.4 Å². The first-order valence-electron chi connectivity index (χ1n) is 5.78. The minimum absolute atomic E-state index is 0.0495. The van der Waals surface area contributed by atoms with Gasteiger partial charge in [0.1, 0.15) is 5.92 Å². The largest absolute Gasteiger partial charge is 0.381 e. The molecule has 0 aliphatic carbocycles. The average molecular weight is 224 g/mol. The molecule has 0 bridgehead atoms. The third-order valence-electron chi connectivity index (χ3n) is 3.11. The molecule has 0 radical (unpaired) electrons. The highest BCUT2D eigenvalue weighted by Crippen LogP contribution is 2.21. The van der Waals surface area contributed by atoms with E-state index in [0.29, 0.717) is 13.2 Å². The van der Waals surface area contributed by atoms with Crippen LogP contribution in [0.15, 0.2) is 0 Å². The van der Waals surface area contributed by atoms with Gasteiger partial charge < -0.3 is 10.1 Å². The molecule has 90 valence electrons. The molecule has 1 N–H and O–H groups in total. The van der Waals surface area contributed by atoms with Crippen molar-refractivity contribution < 1.29 is 9.53 Å². The monoisotopic (exact) mass is 224 g/mol. The second-order valence-electron chi connectivity index (χ2n) is 5.01. The molecule has 16 heavy (non-hydrogen) atoms. The summed E-state index contributed by atoms with van der Waals surface area (Å²) in [5.41, 5.74) is -0.209. The molecule has 0 aromatic rings. The number of carbonyl (C=O) groups is 1. The minimum Gasteiger partial charge on any atom is -0.381 e. The molecule has 1 aliphatic rings. The number of carbonyl (C=O) groups excluding carboxylic acids is 1. The van der Waals surface area contributed by atoms with Gasteiger partial charge in [-0.25, -0.2) is 0 Å². The molecule has 0 spiro atoms. The van der Waals surface area contributed by atoms with Crippen molar-refractivity contribution in [1.82, 2.24) is 5.32 Å². The van der Waals surface area contributed by atoms with Crippen LogP contribution in [0.4, 0.5) is 0 Å². The van der Waals surface area contributed by atoms with E-state index in [1.165, 1.54) is 0 Å². The SMILES string of the molecule is CC(C)C(C#N)C(=O)NC1(C)CCOCC1. The number of nitrogens with one attached hydrogen (secondary N) is 1. The lowest BCUT2D eigenvalue weighted by Crippen LogP contribution is -2.51. The predicted molar refractivity (Wildman–Crippen MR) is 60.5 cm³/mol. The number of amides is 1. The number of ether oxygens (including phenoxy) is 1. The standard InChI is InChI=1S/C12H20N2O2/c1-9(2)10(8-13)11(15)14-12(3)4-6-16-7-5-12/h9-10H,4-7H2,1-3H3,(H,14,15). The molecule has 0 aromatic heterocycles. The predicted octanol–water partition coefficient (Wildman–Crippen LogP) is 1.47. The first kappa shape index (κ1) is 13.0. The van der Waals surface area contributed by atoms with E-state index in [9.17, 15) is 4.79 Å². The van der Waals surface area contributed by atoms with Gasteiger partial charge in [0.05, 0.1) is 6.07 Å². The maximum Gasteiger partial charge on any atom is 0.238 e. The zero-order chi connectivity index (χ0) is 12.2. The topological polar surface area (TPSA) is 62.1 Å². The molecule has 4 nitrogen and oxygen atoms in total. The van der Waals surface area contributed by atoms with Crippen molar-refractivity contribution in [3.63, 3.8) is 0 Å². The Bertz CT molecular complexity index is 288. The number of nitriles is 1. The normalized spacial score (nSPS) is 21.2. The molecule has 1 unspecified atom stereocenters. The van der Waals surface area contributed by atoms with E-state index in [1.54, 1.807) is 0 Å². The summed E-state index contributed by atoms with van der Waals surface area (Å²) in [5.74, 6) is -0.657. The molecule has 0 saturated carbocycles. The molecule has 1 fully saturated rings. The van der Waals surface area contributed by atoms with Crippen LogP contribution in [-0.4, -0.2) is 24.7 Å². The van der Waals surface area contributed by atoms with Crippen molar-refractivity contribution in [3.05, 3.63) is 0 Å². The van der Waals surface area contributed by atoms with Gasteiger partial charge in [-0.3, -0.25) is 4.79 Å². The number of rotatable bonds is 3. The van der Waals surface area contributed by atoms with Gasteiger partial charge in [0, 0.05) is 18.8 Å². The lowest BCUT2D eigenvalue weighted by molar-refractivity contribution is -0.127. The average Bonchev–Trinajstić information content (AvgIpc) is 2.18. The highest BCUT2D eigenvalue weighted by atomic mass is 16.5. The molecule has 0 aromatic carbocycles. The fourth-order valence-electron chi connectivity index (χ4n) is 1.83. The summed E-state index contributed by atoms with van der Waals surface area (Å²) in [7, 11) is 0. The van der Waals surface area contributed by atoms with Crippen molar-refractivity contribution in [2.24, 2.45) is 11.8 Å². The van der Waals surface area contributed by atoms with Crippen LogP contribution < -0.4 is 5.32 Å². The second-order valence-corrected chi connectivity index (χ2v) is 5.01. The Morgan fingerprint density at radius 1 is 1.44 bits per heavy atom. The van der Waals surface area contributed by atoms with Crippen LogP contribution in [0.1, 0.15) is 33.6 Å². The van der Waals surface area contributed by atoms with Crippen molar-refractivity contribution in [1.29, 1.82) is 5.26 Å². The van der Waals surface area contributed by atoms with Crippen molar-refractivity contribution in [3.8, 4) is 6.07 Å². The van der Waals surface area contributed by atoms with Gasteiger partial charge in [-0.15, -0.1) is 0 Å². The Hall–Kier alpha value is -1.08. The quantitative estimate of drug-likeness (QED) is 0.789. The third-order valence-corrected chi connectivity index (χ3v) is 3.11. The number of hydrogen-bond donors (Lipinski definition) is 1. The Kier molecular flexibility index (Phi) is 4.31. The molecule has 4 heteroatoms. The van der Waals surface area contributed by atoms with E-state index in [4.69, 9.17) is 10.00 Å². The van der Waals surface area contributed by atoms with Gasteiger partial charge in [0.2, 0.25) is 5.91 Å². The van der Waals surface area contributed by atoms with Crippen LogP contribution in [0.3, 0.4) is 0 Å². The molecule has 1 saturated heterocycles. The van der Waals surface area contributed by atoms with Gasteiger partial charge >= 0.3 is 0 Å². The first-order chi connectivity index (χ1) is 7.48. The van der Waals surface area contributed by atoms with E-state index < -0.39 is 5.92 Å². The molecule has 1 heterocycles. The van der Waals surface area contributed by atoms with Crippen LogP contribution in [-0.2, 0) is 9.53 Å². The molecular formula is C12H20N2O2. The van der Waals surface area contributed by atoms with Crippen LogP contribution in [0.5, 0.6) is 0 Å². The first-order valence-corrected chi connectivity index (χ1v) is 5.78. The van der Waals surface area contributed by atoms with Crippen LogP contribution in [0.25, 0.3) is 0 Å². The Labute approximate surface area is 97.0 Å². The molecule has 1 atom stereocenters.